The standard InChI is InChI=1S/C63H101N5O23/c1-45(2)51(61(76)64-46(3)53(69)39-47-8-9-49(43-91-62(77)63(4,5)6)48(38-47)10-11-56-60(75)59(74)55(71)44-90-56)41-54(70)52(68-57(72)12-13-58(68)73)40-50-42-67(66-65-50)14-15-79-18-19-81-22-23-83-26-27-85-30-31-87-34-35-89-37-36-88-33-32-86-29-28-84-25-24-82-21-20-80-17-16-78-7/h8-9,12-13,38,42,45-46,51-52,55-56,59-60,71,74-75H,10-11,14-37,39-41,43-44H2,1-7H3,(H,64,76)/t46-,51-,52-,55+,56-,59-,60-/m0/s1. The van der Waals surface area contributed by atoms with Crippen molar-refractivity contribution in [1.82, 2.24) is 25.2 Å². The number of methoxy groups -OCH3 is 1. The molecule has 1 fully saturated rings. The Kier molecular flexibility index (Phi) is 38.9. The van der Waals surface area contributed by atoms with Crippen molar-refractivity contribution < 1.29 is 110 Å². The average molecular weight is 1300 g/mol. The summed E-state index contributed by atoms with van der Waals surface area (Å²) in [6, 6.07) is 2.95. The molecule has 0 bridgehead atoms. The van der Waals surface area contributed by atoms with E-state index in [0.29, 0.717) is 181 Å². The molecule has 28 nitrogen and oxygen atoms in total. The number of nitrogens with zero attached hydrogens (tertiary/aromatic N) is 4. The number of amides is 3. The Hall–Kier alpha value is -5.12. The molecule has 91 heavy (non-hydrogen) atoms. The van der Waals surface area contributed by atoms with Gasteiger partial charge in [-0.3, -0.25) is 33.7 Å². The summed E-state index contributed by atoms with van der Waals surface area (Å²) < 4.78 is 78.3. The quantitative estimate of drug-likeness (QED) is 0.0408. The Balaban J connectivity index is 1.07. The van der Waals surface area contributed by atoms with Crippen molar-refractivity contribution in [1.29, 1.82) is 0 Å². The fourth-order valence-corrected chi connectivity index (χ4v) is 9.09. The number of esters is 1. The van der Waals surface area contributed by atoms with E-state index in [9.17, 15) is 44.1 Å². The van der Waals surface area contributed by atoms with E-state index >= 15 is 0 Å². The zero-order chi connectivity index (χ0) is 66.2. The fraction of sp³-hybridized carbons (Fsp3) is 0.746. The molecule has 0 radical (unpaired) electrons. The zero-order valence-corrected chi connectivity index (χ0v) is 54.3. The highest BCUT2D eigenvalue weighted by atomic mass is 16.6. The van der Waals surface area contributed by atoms with Gasteiger partial charge in [0.2, 0.25) is 5.91 Å². The first kappa shape index (κ1) is 78.3. The Morgan fingerprint density at radius 3 is 1.58 bits per heavy atom. The molecule has 3 amide bonds. The zero-order valence-electron chi connectivity index (χ0n) is 54.3. The van der Waals surface area contributed by atoms with Gasteiger partial charge in [0, 0.05) is 50.6 Å². The second kappa shape index (κ2) is 45.3. The lowest BCUT2D eigenvalue weighted by Gasteiger charge is -2.35. The molecule has 1 saturated heterocycles. The number of Topliss-reactive ketones (excluding diaryl/α,β-unsaturated/α-hetero) is 2. The Morgan fingerprint density at radius 2 is 1.12 bits per heavy atom. The maximum atomic E-state index is 14.2. The number of nitrogens with one attached hydrogen (secondary N) is 1. The predicted molar refractivity (Wildman–Crippen MR) is 325 cm³/mol. The van der Waals surface area contributed by atoms with Gasteiger partial charge in [0.15, 0.2) is 11.6 Å². The lowest BCUT2D eigenvalue weighted by Crippen LogP contribution is -2.52. The van der Waals surface area contributed by atoms with Gasteiger partial charge in [-0.2, -0.15) is 0 Å². The third-order valence-corrected chi connectivity index (χ3v) is 14.5. The van der Waals surface area contributed by atoms with E-state index in [1.807, 2.05) is 0 Å². The molecule has 2 aliphatic heterocycles. The van der Waals surface area contributed by atoms with Crippen molar-refractivity contribution in [2.45, 2.75) is 123 Å². The Bertz CT molecular complexity index is 2420. The molecule has 3 heterocycles. The van der Waals surface area contributed by atoms with Gasteiger partial charge in [-0.25, -0.2) is 4.68 Å². The molecule has 1 aromatic carbocycles. The summed E-state index contributed by atoms with van der Waals surface area (Å²) >= 11 is 0. The number of carbonyl (C=O) groups is 6. The minimum atomic E-state index is -1.38. The summed E-state index contributed by atoms with van der Waals surface area (Å²) in [6.45, 7) is 20.6. The highest BCUT2D eigenvalue weighted by Crippen LogP contribution is 2.26. The van der Waals surface area contributed by atoms with Crippen molar-refractivity contribution >= 4 is 35.3 Å². The van der Waals surface area contributed by atoms with Gasteiger partial charge in [-0.1, -0.05) is 37.3 Å². The summed E-state index contributed by atoms with van der Waals surface area (Å²) in [6.07, 6.45) is -1.04. The molecular weight excluding hydrogens is 1190 g/mol. The average Bonchev–Trinajstić information content (AvgIpc) is 1.99. The van der Waals surface area contributed by atoms with Crippen LogP contribution in [0, 0.1) is 17.3 Å². The van der Waals surface area contributed by atoms with Gasteiger partial charge in [0.05, 0.1) is 188 Å². The summed E-state index contributed by atoms with van der Waals surface area (Å²) in [5.74, 6) is -4.58. The summed E-state index contributed by atoms with van der Waals surface area (Å²) in [7, 11) is 1.63. The van der Waals surface area contributed by atoms with Crippen LogP contribution >= 0.6 is 0 Å². The maximum Gasteiger partial charge on any atom is 0.311 e. The van der Waals surface area contributed by atoms with Crippen LogP contribution in [0.25, 0.3) is 0 Å². The van der Waals surface area contributed by atoms with Crippen LogP contribution in [-0.2, 0) is 127 Å². The molecule has 0 unspecified atom stereocenters. The van der Waals surface area contributed by atoms with Gasteiger partial charge in [-0.05, 0) is 63.1 Å². The molecule has 28 heteroatoms. The lowest BCUT2D eigenvalue weighted by molar-refractivity contribution is -0.188. The van der Waals surface area contributed by atoms with Crippen LogP contribution in [0.1, 0.15) is 76.8 Å². The Morgan fingerprint density at radius 1 is 0.648 bits per heavy atom. The molecule has 0 saturated carbocycles. The van der Waals surface area contributed by atoms with Crippen LogP contribution in [0.4, 0.5) is 0 Å². The van der Waals surface area contributed by atoms with Crippen LogP contribution in [0.15, 0.2) is 36.5 Å². The van der Waals surface area contributed by atoms with Gasteiger partial charge in [0.1, 0.15) is 31.0 Å². The number of hydrogen-bond donors (Lipinski definition) is 4. The van der Waals surface area contributed by atoms with E-state index in [1.54, 1.807) is 73.0 Å². The number of benzene rings is 1. The van der Waals surface area contributed by atoms with Crippen LogP contribution in [0.2, 0.25) is 0 Å². The van der Waals surface area contributed by atoms with Crippen LogP contribution in [0.3, 0.4) is 0 Å². The number of aliphatic hydroxyl groups is 3. The largest absolute Gasteiger partial charge is 0.460 e. The molecule has 0 aliphatic carbocycles. The molecule has 2 aromatic rings. The van der Waals surface area contributed by atoms with E-state index in [4.69, 9.17) is 66.3 Å². The second-order valence-corrected chi connectivity index (χ2v) is 23.1. The fourth-order valence-electron chi connectivity index (χ4n) is 9.09. The second-order valence-electron chi connectivity index (χ2n) is 23.1. The van der Waals surface area contributed by atoms with E-state index in [0.717, 1.165) is 17.1 Å². The summed E-state index contributed by atoms with van der Waals surface area (Å²) in [5.41, 5.74) is 1.53. The van der Waals surface area contributed by atoms with Crippen molar-refractivity contribution in [2.24, 2.45) is 17.3 Å². The van der Waals surface area contributed by atoms with Gasteiger partial charge in [-0.15, -0.1) is 5.10 Å². The van der Waals surface area contributed by atoms with Gasteiger partial charge in [0.25, 0.3) is 11.8 Å². The first-order chi connectivity index (χ1) is 43.8. The van der Waals surface area contributed by atoms with Crippen molar-refractivity contribution in [2.75, 3.05) is 166 Å². The lowest BCUT2D eigenvalue weighted by atomic mass is 9.86. The molecule has 4 rings (SSSR count). The summed E-state index contributed by atoms with van der Waals surface area (Å²) in [5, 5.41) is 41.9. The maximum absolute atomic E-state index is 14.2. The number of aliphatic hydroxyl groups excluding tert-OH is 3. The number of ether oxygens (including phenoxy) is 14. The van der Waals surface area contributed by atoms with Crippen molar-refractivity contribution in [3.8, 4) is 0 Å². The number of hydrogen-bond acceptors (Lipinski definition) is 25. The number of aryl methyl sites for hydroxylation is 1. The van der Waals surface area contributed by atoms with E-state index in [2.05, 4.69) is 15.6 Å². The van der Waals surface area contributed by atoms with Crippen molar-refractivity contribution in [3.63, 3.8) is 0 Å². The normalized spacial score (nSPS) is 17.9. The predicted octanol–water partition coefficient (Wildman–Crippen LogP) is 0.995. The number of ketones is 2. The molecule has 516 valence electrons. The van der Waals surface area contributed by atoms with E-state index in [1.165, 1.54) is 4.68 Å². The third kappa shape index (κ3) is 31.6. The SMILES string of the molecule is COCCOCCOCCOCCOCCOCCOCCOCCOCCOCCOCCOCCn1cc(C[C@@H](C(=O)C[C@H](C(=O)N[C@@H](C)C(=O)Cc2ccc(COC(=O)C(C)(C)C)c(CC[C@@H]3OC[C@@H](O)[C@H](O)[C@H]3O)c2)C(C)C)N2C(=O)C=CC2=O)nn1. The van der Waals surface area contributed by atoms with E-state index in [-0.39, 0.29) is 51.3 Å². The van der Waals surface area contributed by atoms with Crippen LogP contribution < -0.4 is 5.32 Å². The minimum Gasteiger partial charge on any atom is -0.460 e. The smallest absolute Gasteiger partial charge is 0.311 e. The first-order valence-corrected chi connectivity index (χ1v) is 31.4. The number of rotatable bonds is 53. The van der Waals surface area contributed by atoms with Gasteiger partial charge < -0.3 is 87.0 Å². The molecule has 2 aliphatic rings. The van der Waals surface area contributed by atoms with Crippen LogP contribution in [-0.4, -0.2) is 273 Å². The Labute approximate surface area is 534 Å². The van der Waals surface area contributed by atoms with Crippen LogP contribution in [0.5, 0.6) is 0 Å². The minimum absolute atomic E-state index is 0.0556. The molecule has 4 N–H and O–H groups in total. The highest BCUT2D eigenvalue weighted by Gasteiger charge is 2.40. The first-order valence-electron chi connectivity index (χ1n) is 31.4. The monoisotopic (exact) mass is 1300 g/mol. The number of imide groups is 1. The molecule has 1 aromatic heterocycles. The number of carbonyl (C=O) groups excluding carboxylic acids is 6. The molecular formula is C63H101N5O23. The third-order valence-electron chi connectivity index (χ3n) is 14.5. The van der Waals surface area contributed by atoms with E-state index < -0.39 is 83.2 Å². The van der Waals surface area contributed by atoms with Gasteiger partial charge >= 0.3 is 5.97 Å². The number of aromatic nitrogens is 3. The van der Waals surface area contributed by atoms with Crippen molar-refractivity contribution in [3.05, 3.63) is 58.9 Å². The topological polar surface area (TPSA) is 338 Å². The highest BCUT2D eigenvalue weighted by molar-refractivity contribution is 6.15. The molecule has 0 spiro atoms. The molecule has 7 atom stereocenters. The summed E-state index contributed by atoms with van der Waals surface area (Å²) in [4.78, 5) is 81.4.